The molecule has 0 aromatic carbocycles. The maximum Gasteiger partial charge on any atom is 0.372 e. The zero-order valence-corrected chi connectivity index (χ0v) is 7.84. The quantitative estimate of drug-likeness (QED) is 0.552. The molecule has 0 aliphatic carbocycles. The van der Waals surface area contributed by atoms with Gasteiger partial charge in [0.2, 0.25) is 5.78 Å². The van der Waals surface area contributed by atoms with Crippen molar-refractivity contribution in [1.29, 1.82) is 0 Å². The van der Waals surface area contributed by atoms with E-state index in [1.807, 2.05) is 0 Å². The van der Waals surface area contributed by atoms with Crippen LogP contribution in [0.25, 0.3) is 0 Å². The highest BCUT2D eigenvalue weighted by atomic mass is 16.4. The number of aliphatic carboxylic acids is 1. The van der Waals surface area contributed by atoms with Crippen molar-refractivity contribution in [3.8, 4) is 0 Å². The van der Waals surface area contributed by atoms with E-state index >= 15 is 0 Å². The van der Waals surface area contributed by atoms with E-state index in [-0.39, 0.29) is 6.42 Å². The van der Waals surface area contributed by atoms with Gasteiger partial charge in [-0.1, -0.05) is 6.07 Å². The zero-order chi connectivity index (χ0) is 11.3. The summed E-state index contributed by atoms with van der Waals surface area (Å²) in [7, 11) is 0. The molecule has 0 fully saturated rings. The molecular weight excluding hydrogens is 198 g/mol. The maximum atomic E-state index is 11.2. The molecule has 0 bridgehead atoms. The van der Waals surface area contributed by atoms with Crippen LogP contribution in [0, 0.1) is 0 Å². The van der Waals surface area contributed by atoms with E-state index in [9.17, 15) is 14.4 Å². The Morgan fingerprint density at radius 1 is 1.33 bits per heavy atom. The van der Waals surface area contributed by atoms with Crippen LogP contribution in [0.2, 0.25) is 0 Å². The molecule has 0 amide bonds. The fraction of sp³-hybridized carbons (Fsp3) is 0.200. The maximum absolute atomic E-state index is 11.2. The number of carboxylic acid groups (broad SMARTS) is 1. The predicted octanol–water partition coefficient (Wildman–Crippen LogP) is 0.237. The molecule has 1 heterocycles. The van der Waals surface area contributed by atoms with Gasteiger partial charge in [-0.25, -0.2) is 4.79 Å². The second-order valence-corrected chi connectivity index (χ2v) is 2.98. The van der Waals surface area contributed by atoms with Crippen LogP contribution in [-0.4, -0.2) is 27.6 Å². The Morgan fingerprint density at radius 3 is 2.60 bits per heavy atom. The number of carbonyl (C=O) groups is 3. The summed E-state index contributed by atoms with van der Waals surface area (Å²) in [6.45, 7) is 0. The minimum absolute atomic E-state index is 0.0346. The van der Waals surface area contributed by atoms with Gasteiger partial charge in [-0.05, 0) is 11.6 Å². The van der Waals surface area contributed by atoms with Gasteiger partial charge in [-0.3, -0.25) is 14.6 Å². The van der Waals surface area contributed by atoms with Crippen LogP contribution in [0.4, 0.5) is 0 Å². The van der Waals surface area contributed by atoms with Crippen molar-refractivity contribution in [3.63, 3.8) is 0 Å². The highest BCUT2D eigenvalue weighted by Gasteiger charge is 2.16. The van der Waals surface area contributed by atoms with Crippen LogP contribution in [0.5, 0.6) is 0 Å². The first-order valence-electron chi connectivity index (χ1n) is 4.26. The number of ketones is 2. The monoisotopic (exact) mass is 207 g/mol. The van der Waals surface area contributed by atoms with E-state index in [1.165, 1.54) is 6.20 Å². The van der Waals surface area contributed by atoms with Gasteiger partial charge >= 0.3 is 5.97 Å². The number of pyridine rings is 1. The Morgan fingerprint density at radius 2 is 2.07 bits per heavy atom. The number of Topliss-reactive ketones (excluding diaryl/α,β-unsaturated/α-hetero) is 2. The highest BCUT2D eigenvalue weighted by molar-refractivity contribution is 6.36. The van der Waals surface area contributed by atoms with Crippen molar-refractivity contribution < 1.29 is 19.5 Å². The fourth-order valence-corrected chi connectivity index (χ4v) is 1.05. The minimum Gasteiger partial charge on any atom is -0.475 e. The van der Waals surface area contributed by atoms with Gasteiger partial charge in [-0.15, -0.1) is 0 Å². The lowest BCUT2D eigenvalue weighted by Gasteiger charge is -1.97. The molecule has 0 aliphatic rings. The van der Waals surface area contributed by atoms with E-state index in [2.05, 4.69) is 4.98 Å². The van der Waals surface area contributed by atoms with Gasteiger partial charge in [-0.2, -0.15) is 0 Å². The van der Waals surface area contributed by atoms with Gasteiger partial charge in [0.1, 0.15) is 5.78 Å². The summed E-state index contributed by atoms with van der Waals surface area (Å²) >= 11 is 0. The van der Waals surface area contributed by atoms with Gasteiger partial charge in [0.15, 0.2) is 0 Å². The van der Waals surface area contributed by atoms with Gasteiger partial charge in [0, 0.05) is 18.8 Å². The third-order valence-electron chi connectivity index (χ3n) is 1.72. The molecule has 5 heteroatoms. The molecular formula is C10H9NO4. The lowest BCUT2D eigenvalue weighted by molar-refractivity contribution is -0.150. The van der Waals surface area contributed by atoms with Crippen molar-refractivity contribution in [2.45, 2.75) is 12.8 Å². The molecule has 0 unspecified atom stereocenters. The van der Waals surface area contributed by atoms with Crippen molar-refractivity contribution in [2.75, 3.05) is 0 Å². The van der Waals surface area contributed by atoms with E-state index in [0.717, 1.165) is 0 Å². The van der Waals surface area contributed by atoms with Gasteiger partial charge < -0.3 is 5.11 Å². The van der Waals surface area contributed by atoms with Crippen molar-refractivity contribution in [1.82, 2.24) is 4.98 Å². The summed E-state index contributed by atoms with van der Waals surface area (Å²) in [5.74, 6) is -3.08. The number of carbonyl (C=O) groups excluding carboxylic acids is 2. The smallest absolute Gasteiger partial charge is 0.372 e. The first-order chi connectivity index (χ1) is 7.09. The van der Waals surface area contributed by atoms with Crippen LogP contribution in [0.15, 0.2) is 24.5 Å². The number of hydrogen-bond donors (Lipinski definition) is 1. The number of nitrogens with zero attached hydrogens (tertiary/aromatic N) is 1. The molecule has 0 saturated heterocycles. The number of carboxylic acids is 1. The molecule has 0 aliphatic heterocycles. The van der Waals surface area contributed by atoms with Crippen molar-refractivity contribution >= 4 is 17.5 Å². The fourth-order valence-electron chi connectivity index (χ4n) is 1.05. The molecule has 1 aromatic rings. The molecule has 1 rings (SSSR count). The normalized spacial score (nSPS) is 9.60. The highest BCUT2D eigenvalue weighted by Crippen LogP contribution is 2.00. The third-order valence-corrected chi connectivity index (χ3v) is 1.72. The zero-order valence-electron chi connectivity index (χ0n) is 7.84. The number of aromatic nitrogens is 1. The molecule has 1 N–H and O–H groups in total. The molecule has 15 heavy (non-hydrogen) atoms. The molecule has 1 aromatic heterocycles. The van der Waals surface area contributed by atoms with Crippen LogP contribution in [0.3, 0.4) is 0 Å². The van der Waals surface area contributed by atoms with Crippen LogP contribution in [0.1, 0.15) is 12.0 Å². The second-order valence-electron chi connectivity index (χ2n) is 2.98. The van der Waals surface area contributed by atoms with Crippen LogP contribution < -0.4 is 0 Å². The Labute approximate surface area is 85.8 Å². The molecule has 0 spiro atoms. The number of hydrogen-bond acceptors (Lipinski definition) is 4. The summed E-state index contributed by atoms with van der Waals surface area (Å²) < 4.78 is 0. The summed E-state index contributed by atoms with van der Waals surface area (Å²) in [5.41, 5.74) is 0.667. The Balaban J connectivity index is 2.51. The summed E-state index contributed by atoms with van der Waals surface area (Å²) in [5, 5.41) is 8.28. The lowest BCUT2D eigenvalue weighted by atomic mass is 10.1. The van der Waals surface area contributed by atoms with Crippen LogP contribution >= 0.6 is 0 Å². The molecule has 0 radical (unpaired) electrons. The lowest BCUT2D eigenvalue weighted by Crippen LogP contribution is -2.18. The Hall–Kier alpha value is -2.04. The molecule has 78 valence electrons. The number of rotatable bonds is 5. The van der Waals surface area contributed by atoms with Crippen LogP contribution in [-0.2, 0) is 20.8 Å². The van der Waals surface area contributed by atoms with Crippen molar-refractivity contribution in [2.24, 2.45) is 0 Å². The standard InChI is InChI=1S/C10H9NO4/c12-8(5-9(13)10(14)15)4-7-2-1-3-11-6-7/h1-3,6H,4-5H2,(H,14,15). The predicted molar refractivity (Wildman–Crippen MR) is 50.2 cm³/mol. The van der Waals surface area contributed by atoms with Gasteiger partial charge in [0.05, 0.1) is 6.42 Å². The molecule has 0 atom stereocenters. The molecule has 0 saturated carbocycles. The van der Waals surface area contributed by atoms with E-state index in [0.29, 0.717) is 5.56 Å². The molecule has 5 nitrogen and oxygen atoms in total. The largest absolute Gasteiger partial charge is 0.475 e. The summed E-state index contributed by atoms with van der Waals surface area (Å²) in [6, 6.07) is 3.36. The van der Waals surface area contributed by atoms with E-state index in [1.54, 1.807) is 18.3 Å². The topological polar surface area (TPSA) is 84.3 Å². The second kappa shape index (κ2) is 4.99. The first kappa shape index (κ1) is 11.0. The Bertz CT molecular complexity index is 386. The van der Waals surface area contributed by atoms with Crippen molar-refractivity contribution in [3.05, 3.63) is 30.1 Å². The summed E-state index contributed by atoms with van der Waals surface area (Å²) in [6.07, 6.45) is 2.54. The summed E-state index contributed by atoms with van der Waals surface area (Å²) in [4.78, 5) is 35.9. The first-order valence-corrected chi connectivity index (χ1v) is 4.26. The average Bonchev–Trinajstić information content (AvgIpc) is 2.18. The average molecular weight is 207 g/mol. The van der Waals surface area contributed by atoms with E-state index < -0.39 is 24.0 Å². The van der Waals surface area contributed by atoms with E-state index in [4.69, 9.17) is 5.11 Å². The third kappa shape index (κ3) is 3.68. The Kier molecular flexibility index (Phi) is 3.68. The minimum atomic E-state index is -1.57. The van der Waals surface area contributed by atoms with Gasteiger partial charge in [0.25, 0.3) is 0 Å². The SMILES string of the molecule is O=C(CC(=O)C(=O)O)Cc1cccnc1.